The molecular weight excluding hydrogens is 887 g/mol. The van der Waals surface area contributed by atoms with Crippen molar-refractivity contribution < 1.29 is 27.6 Å². The smallest absolute Gasteiger partial charge is 0.309 e. The molecule has 0 radical (unpaired) electrons. The van der Waals surface area contributed by atoms with Crippen molar-refractivity contribution in [1.82, 2.24) is 14.9 Å². The van der Waals surface area contributed by atoms with Crippen LogP contribution in [0.5, 0.6) is 0 Å². The molecule has 0 bridgehead atoms. The minimum atomic E-state index is -2.28. The SMILES string of the molecule is CC[Si](CC)(CC)O[C@H]1[C@@H](C)CCC[C@]2(C)[C@H](C[C@@H](/C(C)=C/c3csc(-c4nc(C)cs4)n3)OC(=O)C[C@H](O[Si](CC)(CC)CC)C(C)(C)C(=O)[C@@H]1C)N2CCO[Si](C)(C)C(C)(C)C. The van der Waals surface area contributed by atoms with Gasteiger partial charge < -0.3 is 18.0 Å². The molecule has 14 heteroatoms. The van der Waals surface area contributed by atoms with Crippen molar-refractivity contribution in [3.05, 3.63) is 27.7 Å². The maximum atomic E-state index is 15.3. The Morgan fingerprint density at radius 1 is 0.906 bits per heavy atom. The summed E-state index contributed by atoms with van der Waals surface area (Å²) in [4.78, 5) is 42.3. The van der Waals surface area contributed by atoms with E-state index in [1.165, 1.54) is 0 Å². The van der Waals surface area contributed by atoms with Gasteiger partial charge in [-0.15, -0.1) is 22.7 Å². The van der Waals surface area contributed by atoms with Crippen molar-refractivity contribution in [3.8, 4) is 10.0 Å². The van der Waals surface area contributed by atoms with E-state index in [1.54, 1.807) is 22.7 Å². The summed E-state index contributed by atoms with van der Waals surface area (Å²) < 4.78 is 28.2. The molecule has 2 aromatic rings. The van der Waals surface area contributed by atoms with E-state index in [9.17, 15) is 4.79 Å². The number of carbonyl (C=O) groups excluding carboxylic acids is 2. The Labute approximate surface area is 401 Å². The Kier molecular flexibility index (Phi) is 19.3. The van der Waals surface area contributed by atoms with Crippen LogP contribution in [0.2, 0.25) is 54.4 Å². The second-order valence-electron chi connectivity index (χ2n) is 21.8. The quantitative estimate of drug-likeness (QED) is 0.0871. The second-order valence-corrected chi connectivity index (χ2v) is 37.7. The van der Waals surface area contributed by atoms with Gasteiger partial charge in [-0.2, -0.15) is 0 Å². The first-order valence-electron chi connectivity index (χ1n) is 24.9. The van der Waals surface area contributed by atoms with E-state index >= 15 is 4.79 Å². The zero-order valence-corrected chi connectivity index (χ0v) is 48.1. The van der Waals surface area contributed by atoms with Gasteiger partial charge in [0.05, 0.1) is 24.3 Å². The van der Waals surface area contributed by atoms with Crippen LogP contribution >= 0.6 is 22.7 Å². The molecule has 0 spiro atoms. The molecule has 0 aromatic carbocycles. The number of aromatic nitrogens is 2. The number of thiazole rings is 2. The number of aryl methyl sites for hydroxylation is 1. The van der Waals surface area contributed by atoms with Gasteiger partial charge >= 0.3 is 5.97 Å². The molecule has 364 valence electrons. The average molecular weight is 977 g/mol. The Bertz CT molecular complexity index is 1850. The van der Waals surface area contributed by atoms with E-state index < -0.39 is 42.6 Å². The molecule has 0 aliphatic carbocycles. The minimum absolute atomic E-state index is 0.0128. The molecule has 8 atom stereocenters. The molecule has 4 rings (SSSR count). The summed E-state index contributed by atoms with van der Waals surface area (Å²) in [5.74, 6) is -0.377. The number of cyclic esters (lactones) is 1. The monoisotopic (exact) mass is 976 g/mol. The summed E-state index contributed by atoms with van der Waals surface area (Å²) >= 11 is 3.19. The molecule has 0 N–H and O–H groups in total. The molecule has 0 saturated carbocycles. The van der Waals surface area contributed by atoms with Crippen LogP contribution in [-0.4, -0.2) is 94.6 Å². The van der Waals surface area contributed by atoms with E-state index in [1.807, 2.05) is 20.8 Å². The van der Waals surface area contributed by atoms with Crippen LogP contribution in [0.15, 0.2) is 16.3 Å². The zero-order valence-electron chi connectivity index (χ0n) is 43.5. The number of nitrogens with zero attached hydrogens (tertiary/aromatic N) is 3. The number of Topliss-reactive ketones (excluding diaryl/α,β-unsaturated/α-hetero) is 1. The first-order chi connectivity index (χ1) is 29.8. The number of carbonyl (C=O) groups is 2. The lowest BCUT2D eigenvalue weighted by Gasteiger charge is -2.44. The highest BCUT2D eigenvalue weighted by molar-refractivity contribution is 7.19. The Morgan fingerprint density at radius 2 is 1.47 bits per heavy atom. The van der Waals surface area contributed by atoms with E-state index in [2.05, 4.69) is 130 Å². The van der Waals surface area contributed by atoms with Crippen LogP contribution in [0.1, 0.15) is 147 Å². The number of esters is 1. The molecule has 0 amide bonds. The third-order valence-electron chi connectivity index (χ3n) is 16.4. The van der Waals surface area contributed by atoms with Gasteiger partial charge in [0.15, 0.2) is 35.0 Å². The summed E-state index contributed by atoms with van der Waals surface area (Å²) in [7, 11) is -6.33. The van der Waals surface area contributed by atoms with E-state index in [4.69, 9.17) is 23.0 Å². The molecule has 2 saturated heterocycles. The maximum absolute atomic E-state index is 15.3. The predicted octanol–water partition coefficient (Wildman–Crippen LogP) is 14.0. The Morgan fingerprint density at radius 3 is 2.02 bits per heavy atom. The normalized spacial score (nSPS) is 28.2. The molecule has 2 aromatic heterocycles. The number of ketones is 1. The number of hydrogen-bond acceptors (Lipinski definition) is 11. The maximum Gasteiger partial charge on any atom is 0.309 e. The van der Waals surface area contributed by atoms with E-state index in [0.717, 1.165) is 89.0 Å². The number of fused-ring (bicyclic) bond motifs is 1. The molecule has 2 aliphatic heterocycles. The van der Waals surface area contributed by atoms with Gasteiger partial charge in [0.25, 0.3) is 0 Å². The summed E-state index contributed by atoms with van der Waals surface area (Å²) in [6, 6.07) is 6.03. The molecule has 2 aliphatic rings. The topological polar surface area (TPSA) is 99.9 Å². The van der Waals surface area contributed by atoms with Crippen molar-refractivity contribution in [3.63, 3.8) is 0 Å². The first-order valence-corrected chi connectivity index (χ1v) is 34.6. The zero-order chi connectivity index (χ0) is 48.1. The summed E-state index contributed by atoms with van der Waals surface area (Å²) in [5, 5.41) is 6.04. The van der Waals surface area contributed by atoms with Crippen LogP contribution < -0.4 is 0 Å². The van der Waals surface area contributed by atoms with Crippen LogP contribution in [0.4, 0.5) is 0 Å². The lowest BCUT2D eigenvalue weighted by Crippen LogP contribution is -2.53. The summed E-state index contributed by atoms with van der Waals surface area (Å²) in [6.45, 7) is 41.4. The van der Waals surface area contributed by atoms with Gasteiger partial charge in [0.1, 0.15) is 11.9 Å². The summed E-state index contributed by atoms with van der Waals surface area (Å²) in [6.07, 6.45) is 4.43. The van der Waals surface area contributed by atoms with Gasteiger partial charge in [-0.05, 0) is 106 Å². The fourth-order valence-corrected chi connectivity index (χ4v) is 18.7. The lowest BCUT2D eigenvalue weighted by atomic mass is 9.73. The van der Waals surface area contributed by atoms with Gasteiger partial charge in [-0.25, -0.2) is 9.97 Å². The van der Waals surface area contributed by atoms with Crippen molar-refractivity contribution >= 4 is 65.5 Å². The molecule has 1 unspecified atom stereocenters. The highest BCUT2D eigenvalue weighted by atomic mass is 32.1. The highest BCUT2D eigenvalue weighted by Crippen LogP contribution is 2.49. The Hall–Kier alpha value is -1.37. The molecule has 64 heavy (non-hydrogen) atoms. The van der Waals surface area contributed by atoms with Crippen LogP contribution in [0.3, 0.4) is 0 Å². The average Bonchev–Trinajstić information content (AvgIpc) is 3.59. The predicted molar refractivity (Wildman–Crippen MR) is 278 cm³/mol. The largest absolute Gasteiger partial charge is 0.458 e. The van der Waals surface area contributed by atoms with Crippen LogP contribution in [0, 0.1) is 24.2 Å². The molecule has 4 heterocycles. The standard InChI is InChI=1S/C50H89N3O6S2Si3/c1-19-63(20-2,21-3)58-42-32-43(54)57-40(36(8)30-39-34-61-47(52-39)46-51-37(9)33-60-46)31-41-50(16,53(41)28-29-56-62(17,18)48(11,12)13)27-25-26-35(7)44(38(10)45(55)49(42,14)15)59-64(22-4,23-5)24-6/h30,33-35,38,40-42,44H,19-29,31-32H2,1-18H3/b36-30+/t35-,38+,40-,41-,42-,44-,50+,53?/m0/s1. The lowest BCUT2D eigenvalue weighted by molar-refractivity contribution is -0.153. The highest BCUT2D eigenvalue weighted by Gasteiger charge is 2.59. The van der Waals surface area contributed by atoms with Gasteiger partial charge in [0.2, 0.25) is 0 Å². The number of ether oxygens (including phenoxy) is 1. The molecule has 9 nitrogen and oxygen atoms in total. The molecule has 2 fully saturated rings. The van der Waals surface area contributed by atoms with E-state index in [-0.39, 0.29) is 52.7 Å². The second kappa shape index (κ2) is 22.4. The van der Waals surface area contributed by atoms with Crippen molar-refractivity contribution in [1.29, 1.82) is 0 Å². The fourth-order valence-electron chi connectivity index (χ4n) is 10.0. The van der Waals surface area contributed by atoms with Crippen LogP contribution in [0.25, 0.3) is 16.1 Å². The van der Waals surface area contributed by atoms with Gasteiger partial charge in [0, 0.05) is 58.9 Å². The number of hydrogen-bond donors (Lipinski definition) is 0. The minimum Gasteiger partial charge on any atom is -0.458 e. The third-order valence-corrected chi connectivity index (χ3v) is 32.2. The third kappa shape index (κ3) is 12.8. The Balaban J connectivity index is 1.81. The van der Waals surface area contributed by atoms with Crippen LogP contribution in [-0.2, 0) is 27.6 Å². The van der Waals surface area contributed by atoms with E-state index in [0.29, 0.717) is 13.0 Å². The van der Waals surface area contributed by atoms with Crippen molar-refractivity contribution in [2.75, 3.05) is 13.2 Å². The fraction of sp³-hybridized carbons (Fsp3) is 0.800. The van der Waals surface area contributed by atoms with Gasteiger partial charge in [-0.1, -0.05) is 96.4 Å². The number of rotatable bonds is 17. The molecular formula is C50H89N3O6S2Si3. The van der Waals surface area contributed by atoms with Crippen molar-refractivity contribution in [2.24, 2.45) is 17.3 Å². The summed E-state index contributed by atoms with van der Waals surface area (Å²) in [5.41, 5.74) is 1.74. The van der Waals surface area contributed by atoms with Gasteiger partial charge in [-0.3, -0.25) is 14.5 Å². The first kappa shape index (κ1) is 55.2. The van der Waals surface area contributed by atoms with Crippen molar-refractivity contribution in [2.45, 2.75) is 227 Å².